The lowest BCUT2D eigenvalue weighted by atomic mass is 9.95. The zero-order valence-electron chi connectivity index (χ0n) is 22.8. The van der Waals surface area contributed by atoms with Gasteiger partial charge in [0.25, 0.3) is 0 Å². The van der Waals surface area contributed by atoms with E-state index >= 15 is 0 Å². The molecule has 4 heterocycles. The van der Waals surface area contributed by atoms with E-state index in [0.29, 0.717) is 21.7 Å². The van der Waals surface area contributed by atoms with Crippen LogP contribution in [0.15, 0.2) is 60.7 Å². The molecule has 2 unspecified atom stereocenters. The average Bonchev–Trinajstić information content (AvgIpc) is 3.33. The van der Waals surface area contributed by atoms with E-state index in [0.717, 1.165) is 60.8 Å². The number of carbonyl (C=O) groups is 1. The minimum absolute atomic E-state index is 0.0356. The van der Waals surface area contributed by atoms with E-state index in [-0.39, 0.29) is 6.61 Å². The number of hydrogen-bond acceptors (Lipinski definition) is 6. The highest BCUT2D eigenvalue weighted by Crippen LogP contribution is 2.43. The van der Waals surface area contributed by atoms with Crippen molar-refractivity contribution in [3.05, 3.63) is 112 Å². The molecule has 4 nitrogen and oxygen atoms in total. The Labute approximate surface area is 254 Å². The van der Waals surface area contributed by atoms with Crippen LogP contribution in [-0.4, -0.2) is 61.5 Å². The molecular weight excluding hydrogens is 579 g/mol. The second-order valence-corrected chi connectivity index (χ2v) is 13.5. The van der Waals surface area contributed by atoms with Gasteiger partial charge in [-0.25, -0.2) is 0 Å². The normalized spacial score (nSPS) is 19.5. The zero-order valence-corrected chi connectivity index (χ0v) is 25.9. The molecule has 0 fully saturated rings. The summed E-state index contributed by atoms with van der Waals surface area (Å²) in [6, 6.07) is 21.0. The summed E-state index contributed by atoms with van der Waals surface area (Å²) in [5.74, 6) is 0.649. The van der Waals surface area contributed by atoms with Gasteiger partial charge in [0.2, 0.25) is 0 Å². The molecule has 0 bridgehead atoms. The second kappa shape index (κ2) is 13.3. The Morgan fingerprint density at radius 2 is 1.27 bits per heavy atom. The predicted octanol–water partition coefficient (Wildman–Crippen LogP) is 7.35. The summed E-state index contributed by atoms with van der Waals surface area (Å²) in [4.78, 5) is 20.0. The largest absolute Gasteiger partial charge is 0.391 e. The third kappa shape index (κ3) is 6.24. The number of aliphatic hydroxyl groups excluding tert-OH is 1. The van der Waals surface area contributed by atoms with Crippen LogP contribution in [0.25, 0.3) is 0 Å². The topological polar surface area (TPSA) is 43.8 Å². The monoisotopic (exact) mass is 612 g/mol. The van der Waals surface area contributed by atoms with Gasteiger partial charge < -0.3 is 14.9 Å². The second-order valence-electron chi connectivity index (χ2n) is 10.5. The lowest BCUT2D eigenvalue weighted by molar-refractivity contribution is 0.112. The smallest absolute Gasteiger partial charge is 0.161 e. The number of aldehydes is 1. The van der Waals surface area contributed by atoms with Crippen molar-refractivity contribution in [1.82, 2.24) is 9.80 Å². The molecule has 6 rings (SSSR count). The molecule has 2 aliphatic rings. The fourth-order valence-electron chi connectivity index (χ4n) is 5.66. The van der Waals surface area contributed by atoms with Crippen molar-refractivity contribution in [2.45, 2.75) is 31.3 Å². The maximum absolute atomic E-state index is 11.2. The van der Waals surface area contributed by atoms with E-state index in [9.17, 15) is 9.90 Å². The average molecular weight is 614 g/mol. The van der Waals surface area contributed by atoms with Crippen molar-refractivity contribution in [1.29, 1.82) is 0 Å². The first-order chi connectivity index (χ1) is 19.4. The lowest BCUT2D eigenvalue weighted by Gasteiger charge is -2.20. The number of nitrogens with zero attached hydrogens (tertiary/aromatic N) is 2. The van der Waals surface area contributed by atoms with E-state index in [1.807, 2.05) is 12.1 Å². The number of thiophene rings is 2. The van der Waals surface area contributed by atoms with Gasteiger partial charge in [-0.1, -0.05) is 83.9 Å². The Hall–Kier alpha value is -2.03. The molecule has 0 saturated carbocycles. The van der Waals surface area contributed by atoms with Crippen molar-refractivity contribution < 1.29 is 9.90 Å². The third-order valence-electron chi connectivity index (χ3n) is 7.80. The van der Waals surface area contributed by atoms with Crippen molar-refractivity contribution in [3.63, 3.8) is 0 Å². The highest BCUT2D eigenvalue weighted by Gasteiger charge is 2.29. The molecule has 0 amide bonds. The van der Waals surface area contributed by atoms with Crippen LogP contribution in [0.5, 0.6) is 0 Å². The number of aliphatic hydroxyl groups is 1. The standard InChI is InChI=1S/C16H18ClNOS.C16H16ClNOS/c2*1-18-8-7-12-15(17)14(10-19)20-16(12)13(9-18)11-5-3-2-4-6-11/h2-6,13,19H,7-10H2,1H3;2-6,10,13H,7-9H2,1H3. The van der Waals surface area contributed by atoms with Gasteiger partial charge in [0.15, 0.2) is 6.29 Å². The minimum Gasteiger partial charge on any atom is -0.391 e. The van der Waals surface area contributed by atoms with E-state index in [1.165, 1.54) is 26.4 Å². The maximum atomic E-state index is 11.2. The molecule has 8 heteroatoms. The number of benzene rings is 2. The summed E-state index contributed by atoms with van der Waals surface area (Å²) in [6.45, 7) is 3.99. The molecular formula is C32H34Cl2N2O2S2. The first-order valence-corrected chi connectivity index (χ1v) is 15.9. The first-order valence-electron chi connectivity index (χ1n) is 13.5. The SMILES string of the molecule is CN1CCc2c(sc(C=O)c2Cl)C(c2ccccc2)C1.CN1CCc2c(sc(CO)c2Cl)C(c2ccccc2)C1. The molecule has 0 spiro atoms. The van der Waals surface area contributed by atoms with Gasteiger partial charge in [-0.3, -0.25) is 4.79 Å². The quantitative estimate of drug-likeness (QED) is 0.245. The highest BCUT2D eigenvalue weighted by molar-refractivity contribution is 7.14. The molecule has 2 atom stereocenters. The molecule has 4 aromatic rings. The Kier molecular flexibility index (Phi) is 9.80. The molecule has 40 heavy (non-hydrogen) atoms. The van der Waals surface area contributed by atoms with Crippen LogP contribution in [0.3, 0.4) is 0 Å². The van der Waals surface area contributed by atoms with Gasteiger partial charge >= 0.3 is 0 Å². The van der Waals surface area contributed by atoms with Crippen LogP contribution in [0, 0.1) is 0 Å². The van der Waals surface area contributed by atoms with Crippen molar-refractivity contribution in [2.75, 3.05) is 40.3 Å². The number of likely N-dealkylation sites (N-methyl/N-ethyl adjacent to an activating group) is 2. The van der Waals surface area contributed by atoms with Crippen LogP contribution < -0.4 is 0 Å². The van der Waals surface area contributed by atoms with Crippen molar-refractivity contribution >= 4 is 52.2 Å². The lowest BCUT2D eigenvalue weighted by Crippen LogP contribution is -2.24. The van der Waals surface area contributed by atoms with Crippen molar-refractivity contribution in [3.8, 4) is 0 Å². The summed E-state index contributed by atoms with van der Waals surface area (Å²) >= 11 is 16.0. The minimum atomic E-state index is 0.0356. The van der Waals surface area contributed by atoms with Gasteiger partial charge in [0.1, 0.15) is 0 Å². The number of rotatable bonds is 4. The maximum Gasteiger partial charge on any atom is 0.161 e. The fourth-order valence-corrected chi connectivity index (χ4v) is 8.91. The van der Waals surface area contributed by atoms with Crippen LogP contribution in [0.2, 0.25) is 10.0 Å². The molecule has 1 N–H and O–H groups in total. The third-order valence-corrected chi connectivity index (χ3v) is 11.5. The molecule has 2 aliphatic heterocycles. The molecule has 0 aliphatic carbocycles. The highest BCUT2D eigenvalue weighted by atomic mass is 35.5. The van der Waals surface area contributed by atoms with E-state index < -0.39 is 0 Å². The van der Waals surface area contributed by atoms with Gasteiger partial charge in [-0.15, -0.1) is 22.7 Å². The Bertz CT molecular complexity index is 1440. The first kappa shape index (κ1) is 29.5. The van der Waals surface area contributed by atoms with Gasteiger partial charge in [-0.2, -0.15) is 0 Å². The number of fused-ring (bicyclic) bond motifs is 2. The number of halogens is 2. The van der Waals surface area contributed by atoms with Crippen LogP contribution in [-0.2, 0) is 19.4 Å². The molecule has 210 valence electrons. The van der Waals surface area contributed by atoms with E-state index in [2.05, 4.69) is 72.4 Å². The summed E-state index contributed by atoms with van der Waals surface area (Å²) in [5.41, 5.74) is 5.01. The number of carbonyl (C=O) groups excluding carboxylic acids is 1. The molecule has 2 aromatic heterocycles. The summed E-state index contributed by atoms with van der Waals surface area (Å²) in [6.07, 6.45) is 2.76. The van der Waals surface area contributed by atoms with Crippen LogP contribution >= 0.6 is 45.9 Å². The Morgan fingerprint density at radius 1 is 0.800 bits per heavy atom. The zero-order chi connectivity index (χ0) is 28.2. The summed E-state index contributed by atoms with van der Waals surface area (Å²) in [5, 5.41) is 10.9. The molecule has 2 aromatic carbocycles. The Balaban J connectivity index is 0.000000161. The molecule has 0 saturated heterocycles. The van der Waals surface area contributed by atoms with Gasteiger partial charge in [0.05, 0.1) is 21.5 Å². The van der Waals surface area contributed by atoms with Crippen molar-refractivity contribution in [2.24, 2.45) is 0 Å². The summed E-state index contributed by atoms with van der Waals surface area (Å²) < 4.78 is 0. The fraction of sp³-hybridized carbons (Fsp3) is 0.344. The summed E-state index contributed by atoms with van der Waals surface area (Å²) in [7, 11) is 4.30. The van der Waals surface area contributed by atoms with E-state index in [4.69, 9.17) is 23.2 Å². The van der Waals surface area contributed by atoms with Crippen LogP contribution in [0.4, 0.5) is 0 Å². The predicted molar refractivity (Wildman–Crippen MR) is 169 cm³/mol. The van der Waals surface area contributed by atoms with Gasteiger partial charge in [0, 0.05) is 52.6 Å². The number of hydrogen-bond donors (Lipinski definition) is 1. The van der Waals surface area contributed by atoms with Crippen LogP contribution in [0.1, 0.15) is 58.4 Å². The van der Waals surface area contributed by atoms with Gasteiger partial charge in [-0.05, 0) is 49.2 Å². The Morgan fingerprint density at radius 3 is 1.75 bits per heavy atom. The molecule has 0 radical (unpaired) electrons. The van der Waals surface area contributed by atoms with E-state index in [1.54, 1.807) is 22.7 Å².